The van der Waals surface area contributed by atoms with Crippen LogP contribution in [0.15, 0.2) is 53.4 Å². The van der Waals surface area contributed by atoms with E-state index in [1.807, 2.05) is 0 Å². The van der Waals surface area contributed by atoms with E-state index in [1.54, 1.807) is 30.3 Å². The highest BCUT2D eigenvalue weighted by Crippen LogP contribution is 2.28. The Labute approximate surface area is 176 Å². The van der Waals surface area contributed by atoms with Crippen molar-refractivity contribution in [3.63, 3.8) is 0 Å². The summed E-state index contributed by atoms with van der Waals surface area (Å²) in [6.45, 7) is -0.162. The minimum atomic E-state index is -3.78. The van der Waals surface area contributed by atoms with Gasteiger partial charge in [-0.3, -0.25) is 9.52 Å². The molecule has 1 amide bonds. The third-order valence-electron chi connectivity index (χ3n) is 4.82. The van der Waals surface area contributed by atoms with Gasteiger partial charge in [0.1, 0.15) is 5.75 Å². The van der Waals surface area contributed by atoms with Crippen LogP contribution in [0.5, 0.6) is 5.75 Å². The number of nitrogens with one attached hydrogen (secondary N) is 2. The minimum absolute atomic E-state index is 0.0154. The predicted octanol–water partition coefficient (Wildman–Crippen LogP) is 4.36. The van der Waals surface area contributed by atoms with Crippen LogP contribution in [0.4, 0.5) is 5.69 Å². The molecule has 1 fully saturated rings. The molecule has 1 aliphatic carbocycles. The van der Waals surface area contributed by atoms with Gasteiger partial charge in [-0.05, 0) is 43.2 Å². The Bertz CT molecular complexity index is 927. The van der Waals surface area contributed by atoms with Gasteiger partial charge in [0.05, 0.1) is 9.92 Å². The zero-order chi connectivity index (χ0) is 20.7. The summed E-state index contributed by atoms with van der Waals surface area (Å²) in [6, 6.07) is 13.0. The van der Waals surface area contributed by atoms with Gasteiger partial charge >= 0.3 is 0 Å². The molecular weight excluding hydrogens is 412 g/mol. The Morgan fingerprint density at radius 2 is 1.72 bits per heavy atom. The number of benzene rings is 2. The van der Waals surface area contributed by atoms with Gasteiger partial charge in [-0.25, -0.2) is 8.42 Å². The van der Waals surface area contributed by atoms with Crippen LogP contribution in [0.1, 0.15) is 38.5 Å². The summed E-state index contributed by atoms with van der Waals surface area (Å²) in [7, 11) is -3.78. The fraction of sp³-hybridized carbons (Fsp3) is 0.381. The van der Waals surface area contributed by atoms with E-state index < -0.39 is 10.0 Å². The fourth-order valence-corrected chi connectivity index (χ4v) is 4.71. The molecule has 0 aromatic heterocycles. The summed E-state index contributed by atoms with van der Waals surface area (Å²) >= 11 is 6.19. The van der Waals surface area contributed by atoms with Crippen LogP contribution in [0.2, 0.25) is 5.02 Å². The van der Waals surface area contributed by atoms with Crippen molar-refractivity contribution in [2.45, 2.75) is 49.5 Å². The van der Waals surface area contributed by atoms with Crippen LogP contribution < -0.4 is 14.8 Å². The van der Waals surface area contributed by atoms with E-state index in [1.165, 1.54) is 31.0 Å². The molecule has 0 spiro atoms. The number of hydrogen-bond donors (Lipinski definition) is 2. The van der Waals surface area contributed by atoms with Crippen LogP contribution in [0, 0.1) is 0 Å². The SMILES string of the molecule is O=C(COc1ccc(S(=O)(=O)Nc2ccccc2)cc1Cl)NC1CCCCCC1. The van der Waals surface area contributed by atoms with Crippen molar-refractivity contribution < 1.29 is 17.9 Å². The normalized spacial score (nSPS) is 15.3. The maximum absolute atomic E-state index is 12.5. The van der Waals surface area contributed by atoms with Crippen LogP contribution in [-0.4, -0.2) is 27.0 Å². The zero-order valence-electron chi connectivity index (χ0n) is 16.1. The molecule has 2 N–H and O–H groups in total. The largest absolute Gasteiger partial charge is 0.482 e. The molecule has 8 heteroatoms. The molecule has 0 atom stereocenters. The van der Waals surface area contributed by atoms with E-state index >= 15 is 0 Å². The second-order valence-corrected chi connectivity index (χ2v) is 9.20. The second-order valence-electron chi connectivity index (χ2n) is 7.11. The monoisotopic (exact) mass is 436 g/mol. The lowest BCUT2D eigenvalue weighted by molar-refractivity contribution is -0.123. The minimum Gasteiger partial charge on any atom is -0.482 e. The van der Waals surface area contributed by atoms with Crippen molar-refractivity contribution in [2.24, 2.45) is 0 Å². The molecule has 0 saturated heterocycles. The maximum Gasteiger partial charge on any atom is 0.261 e. The summed E-state index contributed by atoms with van der Waals surface area (Å²) in [5.74, 6) is 0.0664. The fourth-order valence-electron chi connectivity index (χ4n) is 3.32. The number of carbonyl (C=O) groups is 1. The first-order chi connectivity index (χ1) is 13.9. The average Bonchev–Trinajstić information content (AvgIpc) is 2.96. The highest BCUT2D eigenvalue weighted by Gasteiger charge is 2.18. The summed E-state index contributed by atoms with van der Waals surface area (Å²) in [6.07, 6.45) is 6.68. The van der Waals surface area contributed by atoms with Gasteiger partial charge in [0.25, 0.3) is 15.9 Å². The van der Waals surface area contributed by atoms with Gasteiger partial charge in [-0.1, -0.05) is 55.5 Å². The van der Waals surface area contributed by atoms with Crippen molar-refractivity contribution >= 4 is 33.2 Å². The molecule has 0 heterocycles. The van der Waals surface area contributed by atoms with Gasteiger partial charge < -0.3 is 10.1 Å². The lowest BCUT2D eigenvalue weighted by atomic mass is 10.1. The Kier molecular flexibility index (Phi) is 7.39. The lowest BCUT2D eigenvalue weighted by Gasteiger charge is -2.16. The van der Waals surface area contributed by atoms with Crippen molar-refractivity contribution in [2.75, 3.05) is 11.3 Å². The van der Waals surface area contributed by atoms with E-state index in [-0.39, 0.29) is 34.2 Å². The number of carbonyl (C=O) groups excluding carboxylic acids is 1. The summed E-state index contributed by atoms with van der Waals surface area (Å²) in [4.78, 5) is 12.2. The Morgan fingerprint density at radius 3 is 2.38 bits per heavy atom. The summed E-state index contributed by atoms with van der Waals surface area (Å²) < 4.78 is 33.0. The van der Waals surface area contributed by atoms with Crippen molar-refractivity contribution in [1.82, 2.24) is 5.32 Å². The van der Waals surface area contributed by atoms with Crippen molar-refractivity contribution in [3.8, 4) is 5.75 Å². The van der Waals surface area contributed by atoms with Crippen molar-refractivity contribution in [3.05, 3.63) is 53.6 Å². The van der Waals surface area contributed by atoms with E-state index in [0.717, 1.165) is 25.7 Å². The Hall–Kier alpha value is -2.25. The molecular formula is C21H25ClN2O4S. The average molecular weight is 437 g/mol. The number of para-hydroxylation sites is 1. The highest BCUT2D eigenvalue weighted by molar-refractivity contribution is 7.92. The van der Waals surface area contributed by atoms with Crippen LogP contribution in [0.3, 0.4) is 0 Å². The molecule has 1 saturated carbocycles. The maximum atomic E-state index is 12.5. The van der Waals surface area contributed by atoms with E-state index in [4.69, 9.17) is 16.3 Å². The third-order valence-corrected chi connectivity index (χ3v) is 6.49. The predicted molar refractivity (Wildman–Crippen MR) is 114 cm³/mol. The molecule has 2 aromatic carbocycles. The molecule has 1 aliphatic rings. The molecule has 0 unspecified atom stereocenters. The number of halogens is 1. The molecule has 0 bridgehead atoms. The zero-order valence-corrected chi connectivity index (χ0v) is 17.6. The number of anilines is 1. The second kappa shape index (κ2) is 9.98. The molecule has 2 aromatic rings. The number of ether oxygens (including phenoxy) is 1. The van der Waals surface area contributed by atoms with Gasteiger partial charge in [0, 0.05) is 11.7 Å². The van der Waals surface area contributed by atoms with Gasteiger partial charge in [-0.2, -0.15) is 0 Å². The lowest BCUT2D eigenvalue weighted by Crippen LogP contribution is -2.37. The van der Waals surface area contributed by atoms with Crippen LogP contribution >= 0.6 is 11.6 Å². The molecule has 3 rings (SSSR count). The third kappa shape index (κ3) is 6.37. The number of sulfonamides is 1. The molecule has 0 aliphatic heterocycles. The summed E-state index contributed by atoms with van der Waals surface area (Å²) in [5, 5.41) is 3.13. The first-order valence-corrected chi connectivity index (χ1v) is 11.6. The van der Waals surface area contributed by atoms with E-state index in [2.05, 4.69) is 10.0 Å². The molecule has 29 heavy (non-hydrogen) atoms. The highest BCUT2D eigenvalue weighted by atomic mass is 35.5. The number of amides is 1. The summed E-state index contributed by atoms with van der Waals surface area (Å²) in [5.41, 5.74) is 0.458. The number of hydrogen-bond acceptors (Lipinski definition) is 4. The standard InChI is InChI=1S/C21H25ClN2O4S/c22-19-14-18(29(26,27)24-17-10-6-3-7-11-17)12-13-20(19)28-15-21(25)23-16-8-4-1-2-5-9-16/h3,6-7,10-14,16,24H,1-2,4-5,8-9,15H2,(H,23,25). The Morgan fingerprint density at radius 1 is 1.03 bits per heavy atom. The molecule has 0 radical (unpaired) electrons. The quantitative estimate of drug-likeness (QED) is 0.631. The molecule has 156 valence electrons. The van der Waals surface area contributed by atoms with Gasteiger partial charge in [-0.15, -0.1) is 0 Å². The smallest absolute Gasteiger partial charge is 0.261 e. The molecule has 6 nitrogen and oxygen atoms in total. The van der Waals surface area contributed by atoms with Crippen LogP contribution in [-0.2, 0) is 14.8 Å². The van der Waals surface area contributed by atoms with Gasteiger partial charge in [0.2, 0.25) is 0 Å². The van der Waals surface area contributed by atoms with Crippen LogP contribution in [0.25, 0.3) is 0 Å². The first-order valence-electron chi connectivity index (χ1n) is 9.73. The van der Waals surface area contributed by atoms with Crippen molar-refractivity contribution in [1.29, 1.82) is 0 Å². The topological polar surface area (TPSA) is 84.5 Å². The van der Waals surface area contributed by atoms with Gasteiger partial charge in [0.15, 0.2) is 6.61 Å². The first kappa shape index (κ1) is 21.5. The number of rotatable bonds is 7. The van der Waals surface area contributed by atoms with E-state index in [0.29, 0.717) is 5.69 Å². The van der Waals surface area contributed by atoms with E-state index in [9.17, 15) is 13.2 Å². The Balaban J connectivity index is 1.58.